The molecule has 6 nitrogen and oxygen atoms in total. The average Bonchev–Trinajstić information content (AvgIpc) is 3.42. The molecule has 1 aromatic rings. The molecule has 28 heavy (non-hydrogen) atoms. The molecule has 4 aliphatic rings. The second kappa shape index (κ2) is 11.1. The van der Waals surface area contributed by atoms with Gasteiger partial charge >= 0.3 is 0 Å². The van der Waals surface area contributed by atoms with E-state index in [1.165, 1.54) is 63.5 Å². The lowest BCUT2D eigenvalue weighted by Gasteiger charge is -2.47. The van der Waals surface area contributed by atoms with Crippen LogP contribution in [0.15, 0.2) is 22.5 Å². The molecule has 2 unspecified atom stereocenters. The van der Waals surface area contributed by atoms with Crippen molar-refractivity contribution in [3.8, 4) is 0 Å². The molecule has 5 heterocycles. The van der Waals surface area contributed by atoms with Crippen LogP contribution in [0.5, 0.6) is 0 Å². The van der Waals surface area contributed by atoms with E-state index in [4.69, 9.17) is 4.99 Å². The number of guanidine groups is 1. The van der Waals surface area contributed by atoms with Crippen molar-refractivity contribution in [2.24, 2.45) is 4.99 Å². The van der Waals surface area contributed by atoms with Crippen molar-refractivity contribution in [2.45, 2.75) is 31.8 Å². The van der Waals surface area contributed by atoms with Crippen molar-refractivity contribution in [2.75, 3.05) is 65.4 Å². The summed E-state index contributed by atoms with van der Waals surface area (Å²) in [6, 6.07) is 5.47. The van der Waals surface area contributed by atoms with Gasteiger partial charge in [-0.15, -0.1) is 35.3 Å². The average molecular weight is 519 g/mol. The summed E-state index contributed by atoms with van der Waals surface area (Å²) in [5.74, 6) is 0.968. The molecule has 158 valence electrons. The third-order valence-electron chi connectivity index (χ3n) is 6.12. The highest BCUT2D eigenvalue weighted by Gasteiger charge is 2.31. The lowest BCUT2D eigenvalue weighted by molar-refractivity contribution is 0.0154. The number of rotatable bonds is 7. The van der Waals surface area contributed by atoms with Crippen molar-refractivity contribution >= 4 is 41.3 Å². The van der Waals surface area contributed by atoms with Gasteiger partial charge in [0.1, 0.15) is 0 Å². The fraction of sp³-hybridized carbons (Fsp3) is 0.750. The van der Waals surface area contributed by atoms with Crippen LogP contribution >= 0.6 is 35.3 Å². The first-order valence-corrected chi connectivity index (χ1v) is 11.5. The molecule has 2 N–H and O–H groups in total. The van der Waals surface area contributed by atoms with E-state index < -0.39 is 0 Å². The molecule has 0 saturated carbocycles. The van der Waals surface area contributed by atoms with E-state index in [0.29, 0.717) is 12.1 Å². The summed E-state index contributed by atoms with van der Waals surface area (Å²) in [6.07, 6.45) is 2.63. The van der Waals surface area contributed by atoms with E-state index >= 15 is 0 Å². The third kappa shape index (κ3) is 5.59. The summed E-state index contributed by atoms with van der Waals surface area (Å²) in [6.45, 7) is 13.4. The number of thiophene rings is 1. The predicted molar refractivity (Wildman–Crippen MR) is 129 cm³/mol. The molecule has 0 radical (unpaired) electrons. The highest BCUT2D eigenvalue weighted by atomic mass is 127. The maximum atomic E-state index is 4.99. The molecule has 4 saturated heterocycles. The van der Waals surface area contributed by atoms with Crippen molar-refractivity contribution in [3.05, 3.63) is 22.4 Å². The zero-order chi connectivity index (χ0) is 18.5. The molecule has 0 aliphatic carbocycles. The van der Waals surface area contributed by atoms with Gasteiger partial charge in [-0.3, -0.25) is 19.7 Å². The van der Waals surface area contributed by atoms with E-state index in [9.17, 15) is 0 Å². The Balaban J connectivity index is 0.00000225. The van der Waals surface area contributed by atoms with Gasteiger partial charge in [-0.2, -0.15) is 0 Å². The maximum Gasteiger partial charge on any atom is 0.191 e. The fourth-order valence-electron chi connectivity index (χ4n) is 4.57. The molecule has 2 atom stereocenters. The van der Waals surface area contributed by atoms with Crippen LogP contribution in [0.25, 0.3) is 0 Å². The van der Waals surface area contributed by atoms with Gasteiger partial charge < -0.3 is 10.6 Å². The monoisotopic (exact) mass is 518 g/mol. The van der Waals surface area contributed by atoms with Gasteiger partial charge in [0, 0.05) is 56.7 Å². The standard InChI is InChI=1S/C20H34N6S.HI/c1-2-21-20(22-14-17-16-24-9-11-25(17)12-10-24)23-15-18(19-6-5-13-27-19)26-7-3-4-8-26;/h5-6,13,17-18H,2-4,7-12,14-16H2,1H3,(H2,21,22,23);1H. The van der Waals surface area contributed by atoms with Crippen molar-refractivity contribution in [1.82, 2.24) is 25.3 Å². The van der Waals surface area contributed by atoms with E-state index in [1.807, 2.05) is 11.3 Å². The Labute approximate surface area is 190 Å². The number of fused-ring (bicyclic) bond motifs is 3. The molecule has 0 aromatic carbocycles. The van der Waals surface area contributed by atoms with E-state index in [1.54, 1.807) is 0 Å². The zero-order valence-electron chi connectivity index (χ0n) is 17.0. The van der Waals surface area contributed by atoms with Crippen molar-refractivity contribution in [3.63, 3.8) is 0 Å². The van der Waals surface area contributed by atoms with Gasteiger partial charge in [-0.1, -0.05) is 6.07 Å². The topological polar surface area (TPSA) is 46.1 Å². The molecule has 0 amide bonds. The van der Waals surface area contributed by atoms with E-state index in [2.05, 4.69) is 49.8 Å². The lowest BCUT2D eigenvalue weighted by atomic mass is 10.1. The van der Waals surface area contributed by atoms with Gasteiger partial charge in [0.05, 0.1) is 12.6 Å². The molecule has 2 bridgehead atoms. The summed E-state index contributed by atoms with van der Waals surface area (Å²) >= 11 is 1.86. The second-order valence-electron chi connectivity index (χ2n) is 7.87. The smallest absolute Gasteiger partial charge is 0.191 e. The Bertz CT molecular complexity index is 596. The number of halogens is 1. The molecule has 0 spiro atoms. The number of hydrogen-bond acceptors (Lipinski definition) is 5. The minimum atomic E-state index is 0. The van der Waals surface area contributed by atoms with Crippen molar-refractivity contribution in [1.29, 1.82) is 0 Å². The van der Waals surface area contributed by atoms with Crippen LogP contribution in [0.2, 0.25) is 0 Å². The molecule has 8 heteroatoms. The number of hydrogen-bond donors (Lipinski definition) is 2. The Kier molecular flexibility index (Phi) is 8.83. The lowest BCUT2D eigenvalue weighted by Crippen LogP contribution is -2.63. The number of nitrogens with one attached hydrogen (secondary N) is 2. The first-order chi connectivity index (χ1) is 13.3. The normalized spacial score (nSPS) is 28.8. The highest BCUT2D eigenvalue weighted by Crippen LogP contribution is 2.28. The largest absolute Gasteiger partial charge is 0.357 e. The Morgan fingerprint density at radius 3 is 2.57 bits per heavy atom. The van der Waals surface area contributed by atoms with Crippen LogP contribution in [0.4, 0.5) is 0 Å². The Morgan fingerprint density at radius 2 is 1.96 bits per heavy atom. The summed E-state index contributed by atoms with van der Waals surface area (Å²) in [7, 11) is 0. The Morgan fingerprint density at radius 1 is 1.18 bits per heavy atom. The number of likely N-dealkylation sites (tertiary alicyclic amines) is 1. The van der Waals surface area contributed by atoms with Gasteiger partial charge in [-0.05, 0) is 44.3 Å². The maximum absolute atomic E-state index is 4.99. The van der Waals surface area contributed by atoms with E-state index in [-0.39, 0.29) is 24.0 Å². The molecule has 4 aliphatic heterocycles. The minimum Gasteiger partial charge on any atom is -0.357 e. The van der Waals surface area contributed by atoms with Crippen LogP contribution < -0.4 is 10.6 Å². The van der Waals surface area contributed by atoms with Gasteiger partial charge in [0.15, 0.2) is 5.96 Å². The van der Waals surface area contributed by atoms with Crippen LogP contribution in [-0.4, -0.2) is 92.1 Å². The molecule has 4 fully saturated rings. The van der Waals surface area contributed by atoms with Crippen LogP contribution in [-0.2, 0) is 0 Å². The highest BCUT2D eigenvalue weighted by molar-refractivity contribution is 14.0. The number of nitrogens with zero attached hydrogens (tertiary/aromatic N) is 4. The quantitative estimate of drug-likeness (QED) is 0.329. The number of piperazine rings is 3. The molecule has 5 rings (SSSR count). The SMILES string of the molecule is CCNC(=NCC(c1cccs1)N1CCCC1)NCC1CN2CCN1CC2.I. The second-order valence-corrected chi connectivity index (χ2v) is 8.84. The summed E-state index contributed by atoms with van der Waals surface area (Å²) in [5.41, 5.74) is 0. The predicted octanol–water partition coefficient (Wildman–Crippen LogP) is 2.06. The number of aliphatic imine (C=N–C) groups is 1. The van der Waals surface area contributed by atoms with Gasteiger partial charge in [0.25, 0.3) is 0 Å². The van der Waals surface area contributed by atoms with Crippen LogP contribution in [0.3, 0.4) is 0 Å². The Hall–Kier alpha value is -0.420. The van der Waals surface area contributed by atoms with Crippen LogP contribution in [0, 0.1) is 0 Å². The first-order valence-electron chi connectivity index (χ1n) is 10.6. The molecular weight excluding hydrogens is 483 g/mol. The molecule has 1 aromatic heterocycles. The zero-order valence-corrected chi connectivity index (χ0v) is 20.1. The van der Waals surface area contributed by atoms with E-state index in [0.717, 1.165) is 25.6 Å². The third-order valence-corrected chi connectivity index (χ3v) is 7.09. The summed E-state index contributed by atoms with van der Waals surface area (Å²) in [4.78, 5) is 14.3. The summed E-state index contributed by atoms with van der Waals surface area (Å²) < 4.78 is 0. The van der Waals surface area contributed by atoms with Gasteiger partial charge in [-0.25, -0.2) is 0 Å². The summed E-state index contributed by atoms with van der Waals surface area (Å²) in [5, 5.41) is 9.26. The first kappa shape index (κ1) is 22.3. The molecular formula is C20H35IN6S. The van der Waals surface area contributed by atoms with Crippen LogP contribution in [0.1, 0.15) is 30.7 Å². The van der Waals surface area contributed by atoms with Crippen molar-refractivity contribution < 1.29 is 0 Å². The fourth-order valence-corrected chi connectivity index (χ4v) is 5.42. The minimum absolute atomic E-state index is 0. The van der Waals surface area contributed by atoms with Gasteiger partial charge in [0.2, 0.25) is 0 Å².